The number of hydrogen-bond donors (Lipinski definition) is 0. The second-order valence-electron chi connectivity index (χ2n) is 4.39. The summed E-state index contributed by atoms with van der Waals surface area (Å²) in [5.74, 6) is -1.41. The molecule has 0 bridgehead atoms. The number of rotatable bonds is 4. The standard InChI is InChI=1S/C14H11ClF2O3S/c1-9-2-3-11(16)6-10(9)8-20-14-5-4-12(7-13(14)17)21(15,18)19/h2-7H,8H2,1H3. The minimum absolute atomic E-state index is 0.0342. The number of hydrogen-bond acceptors (Lipinski definition) is 3. The Kier molecular flexibility index (Phi) is 4.49. The van der Waals surface area contributed by atoms with Gasteiger partial charge in [-0.15, -0.1) is 0 Å². The monoisotopic (exact) mass is 332 g/mol. The molecule has 0 spiro atoms. The van der Waals surface area contributed by atoms with Crippen molar-refractivity contribution in [3.63, 3.8) is 0 Å². The van der Waals surface area contributed by atoms with Crippen LogP contribution in [0.25, 0.3) is 0 Å². The summed E-state index contributed by atoms with van der Waals surface area (Å²) in [6.07, 6.45) is 0. The van der Waals surface area contributed by atoms with Crippen LogP contribution < -0.4 is 4.74 Å². The molecule has 0 amide bonds. The molecule has 0 heterocycles. The van der Waals surface area contributed by atoms with Crippen LogP contribution in [0.2, 0.25) is 0 Å². The number of halogens is 3. The molecule has 0 aliphatic heterocycles. The van der Waals surface area contributed by atoms with Gasteiger partial charge in [-0.3, -0.25) is 0 Å². The van der Waals surface area contributed by atoms with E-state index in [2.05, 4.69) is 0 Å². The molecule has 0 unspecified atom stereocenters. The summed E-state index contributed by atoms with van der Waals surface area (Å²) < 4.78 is 54.3. The van der Waals surface area contributed by atoms with Crippen LogP contribution in [-0.4, -0.2) is 8.42 Å². The van der Waals surface area contributed by atoms with E-state index in [4.69, 9.17) is 15.4 Å². The van der Waals surface area contributed by atoms with Gasteiger partial charge in [0.25, 0.3) is 9.05 Å². The highest BCUT2D eigenvalue weighted by Crippen LogP contribution is 2.24. The van der Waals surface area contributed by atoms with Gasteiger partial charge in [0.05, 0.1) is 4.90 Å². The van der Waals surface area contributed by atoms with E-state index in [1.807, 2.05) is 0 Å². The average molecular weight is 333 g/mol. The molecule has 0 radical (unpaired) electrons. The highest BCUT2D eigenvalue weighted by Gasteiger charge is 2.14. The molecule has 0 aliphatic rings. The lowest BCUT2D eigenvalue weighted by molar-refractivity contribution is 0.288. The molecule has 0 aromatic heterocycles. The Morgan fingerprint density at radius 1 is 1.14 bits per heavy atom. The molecular weight excluding hydrogens is 322 g/mol. The molecule has 0 N–H and O–H groups in total. The van der Waals surface area contributed by atoms with Crippen LogP contribution in [0.4, 0.5) is 8.78 Å². The van der Waals surface area contributed by atoms with Crippen molar-refractivity contribution >= 4 is 19.7 Å². The van der Waals surface area contributed by atoms with Gasteiger partial charge in [0, 0.05) is 10.7 Å². The van der Waals surface area contributed by atoms with Gasteiger partial charge in [-0.25, -0.2) is 17.2 Å². The second-order valence-corrected chi connectivity index (χ2v) is 6.96. The van der Waals surface area contributed by atoms with Crippen LogP contribution >= 0.6 is 10.7 Å². The Labute approximate surface area is 125 Å². The smallest absolute Gasteiger partial charge is 0.261 e. The first-order chi connectivity index (χ1) is 9.77. The third-order valence-electron chi connectivity index (χ3n) is 2.88. The van der Waals surface area contributed by atoms with Crippen molar-refractivity contribution in [3.8, 4) is 5.75 Å². The molecule has 2 rings (SSSR count). The summed E-state index contributed by atoms with van der Waals surface area (Å²) in [6.45, 7) is 1.74. The van der Waals surface area contributed by atoms with E-state index >= 15 is 0 Å². The van der Waals surface area contributed by atoms with Crippen molar-refractivity contribution in [2.24, 2.45) is 0 Å². The zero-order valence-electron chi connectivity index (χ0n) is 10.9. The Morgan fingerprint density at radius 3 is 2.48 bits per heavy atom. The van der Waals surface area contributed by atoms with E-state index < -0.39 is 20.7 Å². The Bertz CT molecular complexity index is 776. The molecule has 0 saturated carbocycles. The minimum Gasteiger partial charge on any atom is -0.486 e. The SMILES string of the molecule is Cc1ccc(F)cc1COc1ccc(S(=O)(=O)Cl)cc1F. The fraction of sp³-hybridized carbons (Fsp3) is 0.143. The Hall–Kier alpha value is -1.66. The van der Waals surface area contributed by atoms with Crippen molar-refractivity contribution in [2.45, 2.75) is 18.4 Å². The zero-order valence-corrected chi connectivity index (χ0v) is 12.5. The Morgan fingerprint density at radius 2 is 1.86 bits per heavy atom. The largest absolute Gasteiger partial charge is 0.486 e. The first kappa shape index (κ1) is 15.7. The first-order valence-electron chi connectivity index (χ1n) is 5.89. The van der Waals surface area contributed by atoms with Crippen LogP contribution in [0.5, 0.6) is 5.75 Å². The minimum atomic E-state index is -3.99. The molecule has 7 heteroatoms. The summed E-state index contributed by atoms with van der Waals surface area (Å²) in [6, 6.07) is 7.28. The maximum Gasteiger partial charge on any atom is 0.261 e. The van der Waals surface area contributed by atoms with E-state index in [1.54, 1.807) is 13.0 Å². The summed E-state index contributed by atoms with van der Waals surface area (Å²) in [5.41, 5.74) is 1.38. The number of aryl methyl sites for hydroxylation is 1. The summed E-state index contributed by atoms with van der Waals surface area (Å²) in [5, 5.41) is 0. The molecule has 0 saturated heterocycles. The van der Waals surface area contributed by atoms with Crippen LogP contribution in [0.3, 0.4) is 0 Å². The quantitative estimate of drug-likeness (QED) is 0.800. The average Bonchev–Trinajstić information content (AvgIpc) is 2.40. The van der Waals surface area contributed by atoms with E-state index in [1.165, 1.54) is 18.2 Å². The summed E-state index contributed by atoms with van der Waals surface area (Å²) >= 11 is 0. The van der Waals surface area contributed by atoms with Crippen LogP contribution in [0, 0.1) is 18.6 Å². The predicted octanol–water partition coefficient (Wildman–Crippen LogP) is 3.78. The highest BCUT2D eigenvalue weighted by atomic mass is 35.7. The van der Waals surface area contributed by atoms with Crippen molar-refractivity contribution < 1.29 is 21.9 Å². The molecule has 0 aliphatic carbocycles. The molecule has 2 aromatic rings. The topological polar surface area (TPSA) is 43.4 Å². The number of benzene rings is 2. The van der Waals surface area contributed by atoms with Gasteiger partial charge in [0.2, 0.25) is 0 Å². The normalized spacial score (nSPS) is 11.4. The van der Waals surface area contributed by atoms with Gasteiger partial charge in [0.1, 0.15) is 12.4 Å². The lowest BCUT2D eigenvalue weighted by Gasteiger charge is -2.10. The van der Waals surface area contributed by atoms with Crippen molar-refractivity contribution in [3.05, 3.63) is 59.2 Å². The molecule has 112 valence electrons. The van der Waals surface area contributed by atoms with Crippen LogP contribution in [-0.2, 0) is 15.7 Å². The number of ether oxygens (including phenoxy) is 1. The second kappa shape index (κ2) is 5.99. The van der Waals surface area contributed by atoms with Crippen LogP contribution in [0.1, 0.15) is 11.1 Å². The fourth-order valence-corrected chi connectivity index (χ4v) is 2.46. The fourth-order valence-electron chi connectivity index (χ4n) is 1.70. The van der Waals surface area contributed by atoms with E-state index in [-0.39, 0.29) is 17.3 Å². The maximum atomic E-state index is 13.7. The van der Waals surface area contributed by atoms with E-state index in [0.717, 1.165) is 17.7 Å². The lowest BCUT2D eigenvalue weighted by Crippen LogP contribution is -2.01. The van der Waals surface area contributed by atoms with Crippen molar-refractivity contribution in [1.29, 1.82) is 0 Å². The van der Waals surface area contributed by atoms with Crippen LogP contribution in [0.15, 0.2) is 41.3 Å². The van der Waals surface area contributed by atoms with Gasteiger partial charge in [-0.1, -0.05) is 6.07 Å². The van der Waals surface area contributed by atoms with Gasteiger partial charge in [0.15, 0.2) is 11.6 Å². The maximum absolute atomic E-state index is 13.7. The molecule has 3 nitrogen and oxygen atoms in total. The summed E-state index contributed by atoms with van der Waals surface area (Å²) in [7, 11) is 1.12. The van der Waals surface area contributed by atoms with Crippen molar-refractivity contribution in [2.75, 3.05) is 0 Å². The molecule has 2 aromatic carbocycles. The predicted molar refractivity (Wildman–Crippen MR) is 74.9 cm³/mol. The van der Waals surface area contributed by atoms with E-state index in [9.17, 15) is 17.2 Å². The third-order valence-corrected chi connectivity index (χ3v) is 4.23. The molecule has 0 atom stereocenters. The van der Waals surface area contributed by atoms with Gasteiger partial charge >= 0.3 is 0 Å². The lowest BCUT2D eigenvalue weighted by atomic mass is 10.1. The summed E-state index contributed by atoms with van der Waals surface area (Å²) in [4.78, 5) is -0.351. The highest BCUT2D eigenvalue weighted by molar-refractivity contribution is 8.13. The van der Waals surface area contributed by atoms with Crippen molar-refractivity contribution in [1.82, 2.24) is 0 Å². The van der Waals surface area contributed by atoms with Gasteiger partial charge in [-0.2, -0.15) is 0 Å². The third kappa shape index (κ3) is 3.92. The van der Waals surface area contributed by atoms with Gasteiger partial charge in [-0.05, 0) is 48.4 Å². The van der Waals surface area contributed by atoms with Gasteiger partial charge < -0.3 is 4.74 Å². The Balaban J connectivity index is 2.19. The van der Waals surface area contributed by atoms with E-state index in [0.29, 0.717) is 5.56 Å². The zero-order chi connectivity index (χ0) is 15.6. The molecular formula is C14H11ClF2O3S. The molecule has 21 heavy (non-hydrogen) atoms. The first-order valence-corrected chi connectivity index (χ1v) is 8.20. The molecule has 0 fully saturated rings.